The second-order valence-corrected chi connectivity index (χ2v) is 10.4. The Morgan fingerprint density at radius 3 is 1.90 bits per heavy atom. The molecule has 0 aromatic heterocycles. The first-order valence-electron chi connectivity index (χ1n) is 10.3. The van der Waals surface area contributed by atoms with Crippen LogP contribution in [0, 0.1) is 13.8 Å². The van der Waals surface area contributed by atoms with Gasteiger partial charge in [0, 0.05) is 16.9 Å². The average Bonchev–Trinajstić information content (AvgIpc) is 2.54. The molecule has 0 radical (unpaired) electrons. The summed E-state index contributed by atoms with van der Waals surface area (Å²) in [5, 5.41) is 0.915. The zero-order valence-electron chi connectivity index (χ0n) is 20.3. The molecule has 3 nitrogen and oxygen atoms in total. The van der Waals surface area contributed by atoms with Crippen LogP contribution in [0.25, 0.3) is 0 Å². The van der Waals surface area contributed by atoms with Gasteiger partial charge in [0.25, 0.3) is 0 Å². The Hall–Kier alpha value is -1.26. The van der Waals surface area contributed by atoms with Crippen molar-refractivity contribution in [3.05, 3.63) is 52.6 Å². The number of carbonyl (C=O) groups excluding carboxylic acids is 1. The molecule has 0 spiro atoms. The van der Waals surface area contributed by atoms with Gasteiger partial charge in [0.05, 0.1) is 12.2 Å². The second-order valence-electron chi connectivity index (χ2n) is 9.18. The van der Waals surface area contributed by atoms with Gasteiger partial charge in [0.1, 0.15) is 11.5 Å². The summed E-state index contributed by atoms with van der Waals surface area (Å²) in [6.07, 6.45) is 0.112. The molecule has 2 aromatic carbocycles. The maximum Gasteiger partial charge on any atom is 1.00 e. The molecule has 0 heterocycles. The molecule has 0 aliphatic carbocycles. The topological polar surface area (TPSA) is 35.5 Å². The van der Waals surface area contributed by atoms with E-state index < -0.39 is 0 Å². The Bertz CT molecular complexity index is 859. The van der Waals surface area contributed by atoms with Gasteiger partial charge in [0.15, 0.2) is 5.52 Å². The summed E-state index contributed by atoms with van der Waals surface area (Å²) in [4.78, 5) is 13.2. The van der Waals surface area contributed by atoms with E-state index in [1.807, 2.05) is 59.7 Å². The molecule has 0 N–H and O–H groups in total. The molecule has 0 aliphatic rings. The number of aryl methyl sites for hydroxylation is 2. The normalized spacial score (nSPS) is 11.8. The summed E-state index contributed by atoms with van der Waals surface area (Å²) >= 11 is 0. The van der Waals surface area contributed by atoms with Gasteiger partial charge in [-0.1, -0.05) is 32.9 Å². The molecule has 0 fully saturated rings. The van der Waals surface area contributed by atoms with Crippen LogP contribution in [-0.2, 0) is 5.41 Å². The zero-order chi connectivity index (χ0) is 21.9. The molecule has 2 aromatic rings. The summed E-state index contributed by atoms with van der Waals surface area (Å²) < 4.78 is 11.8. The first kappa shape index (κ1) is 26.8. The second kappa shape index (κ2) is 10.9. The molecule has 0 saturated carbocycles. The van der Waals surface area contributed by atoms with Crippen molar-refractivity contribution < 1.29 is 33.1 Å². The quantitative estimate of drug-likeness (QED) is 0.508. The van der Waals surface area contributed by atoms with E-state index in [4.69, 9.17) is 9.47 Å². The number of rotatable bonds is 7. The van der Waals surface area contributed by atoms with Crippen LogP contribution < -0.4 is 33.6 Å². The standard InChI is InChI=1S/C25H35O3P.Li/c1-15(2)27-20-10-11-22(21(14-20)28-16(3)4)29-24(26)23-17(5)12-19(13-18(23)6)25(7,8)9;/h10-16,29H,1-9H3;/q;+1. The van der Waals surface area contributed by atoms with Gasteiger partial charge in [-0.05, 0) is 84.4 Å². The van der Waals surface area contributed by atoms with Gasteiger partial charge < -0.3 is 9.47 Å². The fraction of sp³-hybridized carbons (Fsp3) is 0.480. The summed E-state index contributed by atoms with van der Waals surface area (Å²) in [6.45, 7) is 18.6. The first-order valence-corrected chi connectivity index (χ1v) is 11.3. The van der Waals surface area contributed by atoms with Gasteiger partial charge in [-0.2, -0.15) is 0 Å². The Balaban J connectivity index is 0.00000450. The summed E-state index contributed by atoms with van der Waals surface area (Å²) in [5.74, 6) is 1.49. The van der Waals surface area contributed by atoms with E-state index in [2.05, 4.69) is 32.9 Å². The van der Waals surface area contributed by atoms with Crippen molar-refractivity contribution in [2.24, 2.45) is 0 Å². The van der Waals surface area contributed by atoms with Crippen LogP contribution in [0.5, 0.6) is 11.5 Å². The van der Waals surface area contributed by atoms with E-state index in [1.54, 1.807) is 0 Å². The van der Waals surface area contributed by atoms with Gasteiger partial charge in [-0.3, -0.25) is 4.79 Å². The number of benzene rings is 2. The van der Waals surface area contributed by atoms with Crippen molar-refractivity contribution >= 4 is 19.4 Å². The monoisotopic (exact) mass is 421 g/mol. The maximum atomic E-state index is 13.2. The number of carbonyl (C=O) groups is 1. The van der Waals surface area contributed by atoms with Crippen molar-refractivity contribution in [3.8, 4) is 11.5 Å². The van der Waals surface area contributed by atoms with E-state index in [-0.39, 0.29) is 50.6 Å². The van der Waals surface area contributed by atoms with Gasteiger partial charge in [0.2, 0.25) is 0 Å². The number of hydrogen-bond acceptors (Lipinski definition) is 3. The molecule has 2 rings (SSSR count). The van der Waals surface area contributed by atoms with E-state index in [0.29, 0.717) is 0 Å². The smallest absolute Gasteiger partial charge is 0.491 e. The zero-order valence-corrected chi connectivity index (χ0v) is 21.3. The van der Waals surface area contributed by atoms with E-state index in [1.165, 1.54) is 5.56 Å². The van der Waals surface area contributed by atoms with Crippen molar-refractivity contribution in [2.75, 3.05) is 0 Å². The predicted octanol–water partition coefficient (Wildman–Crippen LogP) is 3.32. The molecular formula is C25H35LiO3P+. The SMILES string of the molecule is Cc1cc(C(C)(C)C)cc(C)c1C(=O)Pc1ccc(OC(C)C)cc1OC(C)C.[Li+]. The van der Waals surface area contributed by atoms with Crippen molar-refractivity contribution in [1.82, 2.24) is 0 Å². The van der Waals surface area contributed by atoms with Crippen molar-refractivity contribution in [3.63, 3.8) is 0 Å². The number of ether oxygens (including phenoxy) is 2. The fourth-order valence-electron chi connectivity index (χ4n) is 3.24. The van der Waals surface area contributed by atoms with Gasteiger partial charge in [-0.25, -0.2) is 0 Å². The molecule has 0 amide bonds. The Kier molecular flexibility index (Phi) is 9.69. The van der Waals surface area contributed by atoms with Crippen LogP contribution in [0.3, 0.4) is 0 Å². The van der Waals surface area contributed by atoms with E-state index in [9.17, 15) is 4.79 Å². The predicted molar refractivity (Wildman–Crippen MR) is 125 cm³/mol. The number of hydrogen-bond donors (Lipinski definition) is 0. The molecule has 0 bridgehead atoms. The molecule has 1 atom stereocenters. The van der Waals surface area contributed by atoms with Crippen LogP contribution in [0.1, 0.15) is 75.5 Å². The third kappa shape index (κ3) is 7.16. The molecule has 30 heavy (non-hydrogen) atoms. The van der Waals surface area contributed by atoms with Crippen LogP contribution >= 0.6 is 8.58 Å². The van der Waals surface area contributed by atoms with Crippen LogP contribution in [0.2, 0.25) is 0 Å². The minimum Gasteiger partial charge on any atom is -0.491 e. The minimum absolute atomic E-state index is 0. The van der Waals surface area contributed by atoms with Crippen molar-refractivity contribution in [1.29, 1.82) is 0 Å². The molecule has 0 aliphatic heterocycles. The largest absolute Gasteiger partial charge is 1.00 e. The third-order valence-electron chi connectivity index (χ3n) is 4.56. The summed E-state index contributed by atoms with van der Waals surface area (Å²) in [5.41, 5.74) is 4.37. The molecular weight excluding hydrogens is 386 g/mol. The molecule has 158 valence electrons. The summed E-state index contributed by atoms with van der Waals surface area (Å²) in [6, 6.07) is 10.1. The van der Waals surface area contributed by atoms with Crippen LogP contribution in [0.15, 0.2) is 30.3 Å². The fourth-order valence-corrected chi connectivity index (χ4v) is 4.43. The van der Waals surface area contributed by atoms with Crippen molar-refractivity contribution in [2.45, 2.75) is 79.9 Å². The minimum atomic E-state index is 0. The van der Waals surface area contributed by atoms with E-state index in [0.717, 1.165) is 33.5 Å². The summed E-state index contributed by atoms with van der Waals surface area (Å²) in [7, 11) is 0.00311. The van der Waals surface area contributed by atoms with Gasteiger partial charge in [-0.15, -0.1) is 0 Å². The maximum absolute atomic E-state index is 13.2. The van der Waals surface area contributed by atoms with Gasteiger partial charge >= 0.3 is 18.9 Å². The average molecular weight is 421 g/mol. The third-order valence-corrected chi connectivity index (χ3v) is 5.72. The van der Waals surface area contributed by atoms with Crippen LogP contribution in [0.4, 0.5) is 0 Å². The Labute approximate surface area is 196 Å². The Morgan fingerprint density at radius 2 is 1.43 bits per heavy atom. The Morgan fingerprint density at radius 1 is 0.900 bits per heavy atom. The molecule has 5 heteroatoms. The van der Waals surface area contributed by atoms with E-state index >= 15 is 0 Å². The molecule has 0 saturated heterocycles. The van der Waals surface area contributed by atoms with Crippen LogP contribution in [-0.4, -0.2) is 17.7 Å². The first-order chi connectivity index (χ1) is 13.4. The molecule has 1 unspecified atom stereocenters.